The minimum absolute atomic E-state index is 0.107. The summed E-state index contributed by atoms with van der Waals surface area (Å²) < 4.78 is 0. The van der Waals surface area contributed by atoms with Crippen molar-refractivity contribution >= 4 is 6.21 Å². The molecular weight excluding hydrogens is 198 g/mol. The zero-order valence-electron chi connectivity index (χ0n) is 9.76. The van der Waals surface area contributed by atoms with E-state index in [0.29, 0.717) is 0 Å². The lowest BCUT2D eigenvalue weighted by atomic mass is 9.93. The van der Waals surface area contributed by atoms with Gasteiger partial charge >= 0.3 is 0 Å². The van der Waals surface area contributed by atoms with Crippen molar-refractivity contribution < 1.29 is 5.11 Å². The Hall–Kier alpha value is -1.15. The molecule has 0 radical (unpaired) electrons. The number of nitrogens with zero attached hydrogens (tertiary/aromatic N) is 1. The number of hydrogen-bond acceptors (Lipinski definition) is 2. The number of aliphatic hydroxyl groups is 1. The summed E-state index contributed by atoms with van der Waals surface area (Å²) in [5, 5.41) is 9.78. The third-order valence-electron chi connectivity index (χ3n) is 3.19. The lowest BCUT2D eigenvalue weighted by molar-refractivity contribution is 0.110. The topological polar surface area (TPSA) is 32.6 Å². The quantitative estimate of drug-likeness (QED) is 0.759. The molecule has 1 aliphatic carbocycles. The van der Waals surface area contributed by atoms with E-state index in [1.165, 1.54) is 12.0 Å². The minimum atomic E-state index is -0.240. The van der Waals surface area contributed by atoms with Gasteiger partial charge in [0.1, 0.15) is 0 Å². The van der Waals surface area contributed by atoms with Crippen LogP contribution in [0.4, 0.5) is 0 Å². The number of aliphatic imine (C=N–C) groups is 1. The number of aliphatic hydroxyl groups excluding tert-OH is 1. The molecule has 0 aliphatic heterocycles. The van der Waals surface area contributed by atoms with E-state index in [0.717, 1.165) is 24.8 Å². The molecule has 1 N–H and O–H groups in total. The van der Waals surface area contributed by atoms with Crippen LogP contribution in [0.15, 0.2) is 29.3 Å². The van der Waals surface area contributed by atoms with Gasteiger partial charge in [-0.2, -0.15) is 0 Å². The van der Waals surface area contributed by atoms with Gasteiger partial charge in [0, 0.05) is 6.21 Å². The van der Waals surface area contributed by atoms with Crippen molar-refractivity contribution in [2.24, 2.45) is 4.99 Å². The van der Waals surface area contributed by atoms with Gasteiger partial charge in [0.15, 0.2) is 0 Å². The highest BCUT2D eigenvalue weighted by Crippen LogP contribution is 2.20. The maximum absolute atomic E-state index is 9.78. The predicted octanol–water partition coefficient (Wildman–Crippen LogP) is 2.72. The first kappa shape index (κ1) is 11.3. The van der Waals surface area contributed by atoms with Gasteiger partial charge in [-0.05, 0) is 25.3 Å². The first-order valence-electron chi connectivity index (χ1n) is 6.03. The Kier molecular flexibility index (Phi) is 3.73. The smallest absolute Gasteiger partial charge is 0.0763 e. The summed E-state index contributed by atoms with van der Waals surface area (Å²) in [6, 6.07) is 8.40. The highest BCUT2D eigenvalue weighted by Gasteiger charge is 2.21. The molecule has 2 atom stereocenters. The average Bonchev–Trinajstić information content (AvgIpc) is 2.30. The highest BCUT2D eigenvalue weighted by molar-refractivity contribution is 5.79. The SMILES string of the molecule is Cc1ccc(C=N[C@H]2CCCC[C@H]2O)cc1. The van der Waals surface area contributed by atoms with Gasteiger partial charge in [-0.1, -0.05) is 42.7 Å². The summed E-state index contributed by atoms with van der Waals surface area (Å²) in [4.78, 5) is 4.49. The van der Waals surface area contributed by atoms with Crippen molar-refractivity contribution in [3.8, 4) is 0 Å². The summed E-state index contributed by atoms with van der Waals surface area (Å²) >= 11 is 0. The van der Waals surface area contributed by atoms with Crippen LogP contribution in [-0.4, -0.2) is 23.5 Å². The van der Waals surface area contributed by atoms with Gasteiger partial charge in [0.05, 0.1) is 12.1 Å². The second-order valence-corrected chi connectivity index (χ2v) is 4.61. The zero-order valence-corrected chi connectivity index (χ0v) is 9.76. The van der Waals surface area contributed by atoms with E-state index in [9.17, 15) is 5.11 Å². The van der Waals surface area contributed by atoms with Gasteiger partial charge in [0.2, 0.25) is 0 Å². The fourth-order valence-electron chi connectivity index (χ4n) is 2.10. The molecule has 0 saturated heterocycles. The second-order valence-electron chi connectivity index (χ2n) is 4.61. The van der Waals surface area contributed by atoms with E-state index >= 15 is 0 Å². The monoisotopic (exact) mass is 217 g/mol. The molecule has 0 spiro atoms. The van der Waals surface area contributed by atoms with Crippen molar-refractivity contribution in [1.29, 1.82) is 0 Å². The number of hydrogen-bond donors (Lipinski definition) is 1. The standard InChI is InChI=1S/C14H19NO/c1-11-6-8-12(9-7-11)10-15-13-4-2-3-5-14(13)16/h6-10,13-14,16H,2-5H2,1H3/t13-,14+/m0/s1. The molecule has 1 aromatic carbocycles. The maximum Gasteiger partial charge on any atom is 0.0763 e. The highest BCUT2D eigenvalue weighted by atomic mass is 16.3. The third kappa shape index (κ3) is 2.92. The van der Waals surface area contributed by atoms with Crippen LogP contribution in [0.2, 0.25) is 0 Å². The Morgan fingerprint density at radius 3 is 2.56 bits per heavy atom. The van der Waals surface area contributed by atoms with Crippen LogP contribution >= 0.6 is 0 Å². The van der Waals surface area contributed by atoms with Crippen LogP contribution in [0.5, 0.6) is 0 Å². The van der Waals surface area contributed by atoms with Crippen LogP contribution in [0, 0.1) is 6.92 Å². The lowest BCUT2D eigenvalue weighted by Crippen LogP contribution is -2.28. The van der Waals surface area contributed by atoms with E-state index in [1.807, 2.05) is 6.21 Å². The normalized spacial score (nSPS) is 26.1. The molecule has 1 aliphatic rings. The molecule has 86 valence electrons. The van der Waals surface area contributed by atoms with Gasteiger partial charge in [0.25, 0.3) is 0 Å². The van der Waals surface area contributed by atoms with Crippen LogP contribution in [0.1, 0.15) is 36.8 Å². The largest absolute Gasteiger partial charge is 0.391 e. The summed E-state index contributed by atoms with van der Waals surface area (Å²) in [5.74, 6) is 0. The zero-order chi connectivity index (χ0) is 11.4. The Morgan fingerprint density at radius 2 is 1.88 bits per heavy atom. The van der Waals surface area contributed by atoms with Gasteiger partial charge in [-0.15, -0.1) is 0 Å². The molecule has 0 heterocycles. The van der Waals surface area contributed by atoms with E-state index in [1.54, 1.807) is 0 Å². The van der Waals surface area contributed by atoms with Gasteiger partial charge < -0.3 is 5.11 Å². The van der Waals surface area contributed by atoms with Crippen molar-refractivity contribution in [2.75, 3.05) is 0 Å². The molecule has 0 bridgehead atoms. The molecule has 0 aromatic heterocycles. The molecule has 2 heteroatoms. The second kappa shape index (κ2) is 5.26. The molecular formula is C14H19NO. The Bertz CT molecular complexity index is 356. The molecule has 0 unspecified atom stereocenters. The number of benzene rings is 1. The molecule has 0 amide bonds. The molecule has 16 heavy (non-hydrogen) atoms. The number of aryl methyl sites for hydroxylation is 1. The minimum Gasteiger partial charge on any atom is -0.391 e. The first-order valence-corrected chi connectivity index (χ1v) is 6.03. The van der Waals surface area contributed by atoms with Gasteiger partial charge in [-0.3, -0.25) is 4.99 Å². The Balaban J connectivity index is 2.00. The third-order valence-corrected chi connectivity index (χ3v) is 3.19. The first-order chi connectivity index (χ1) is 7.75. The molecule has 1 aromatic rings. The van der Waals surface area contributed by atoms with Crippen molar-refractivity contribution in [3.05, 3.63) is 35.4 Å². The Labute approximate surface area is 97.0 Å². The predicted molar refractivity (Wildman–Crippen MR) is 67.0 cm³/mol. The Morgan fingerprint density at radius 1 is 1.19 bits per heavy atom. The van der Waals surface area contributed by atoms with Crippen LogP contribution in [-0.2, 0) is 0 Å². The van der Waals surface area contributed by atoms with Crippen LogP contribution < -0.4 is 0 Å². The summed E-state index contributed by atoms with van der Waals surface area (Å²) in [6.07, 6.45) is 5.89. The van der Waals surface area contributed by atoms with E-state index in [4.69, 9.17) is 0 Å². The molecule has 2 nitrogen and oxygen atoms in total. The summed E-state index contributed by atoms with van der Waals surface area (Å²) in [7, 11) is 0. The van der Waals surface area contributed by atoms with E-state index in [-0.39, 0.29) is 12.1 Å². The molecule has 1 fully saturated rings. The van der Waals surface area contributed by atoms with E-state index < -0.39 is 0 Å². The van der Waals surface area contributed by atoms with Crippen LogP contribution in [0.25, 0.3) is 0 Å². The lowest BCUT2D eigenvalue weighted by Gasteiger charge is -2.23. The summed E-state index contributed by atoms with van der Waals surface area (Å²) in [5.41, 5.74) is 2.37. The van der Waals surface area contributed by atoms with Crippen molar-refractivity contribution in [2.45, 2.75) is 44.8 Å². The maximum atomic E-state index is 9.78. The average molecular weight is 217 g/mol. The fourth-order valence-corrected chi connectivity index (χ4v) is 2.10. The van der Waals surface area contributed by atoms with Crippen LogP contribution in [0.3, 0.4) is 0 Å². The van der Waals surface area contributed by atoms with Crippen molar-refractivity contribution in [3.63, 3.8) is 0 Å². The van der Waals surface area contributed by atoms with E-state index in [2.05, 4.69) is 36.2 Å². The number of rotatable bonds is 2. The molecule has 2 rings (SSSR count). The van der Waals surface area contributed by atoms with Crippen molar-refractivity contribution in [1.82, 2.24) is 0 Å². The molecule has 1 saturated carbocycles. The fraction of sp³-hybridized carbons (Fsp3) is 0.500. The summed E-state index contributed by atoms with van der Waals surface area (Å²) in [6.45, 7) is 2.08. The van der Waals surface area contributed by atoms with Gasteiger partial charge in [-0.25, -0.2) is 0 Å².